The molecule has 0 aliphatic heterocycles. The third-order valence-corrected chi connectivity index (χ3v) is 2.17. The van der Waals surface area contributed by atoms with Gasteiger partial charge in [0, 0.05) is 11.8 Å². The minimum Gasteiger partial charge on any atom is -0.313 e. The van der Waals surface area contributed by atoms with Crippen molar-refractivity contribution in [1.29, 1.82) is 0 Å². The molecule has 4 heteroatoms. The minimum atomic E-state index is -0.123. The van der Waals surface area contributed by atoms with Crippen molar-refractivity contribution in [2.45, 2.75) is 27.2 Å². The Balaban J connectivity index is 2.91. The van der Waals surface area contributed by atoms with Crippen molar-refractivity contribution >= 4 is 6.21 Å². The van der Waals surface area contributed by atoms with Gasteiger partial charge in [0.2, 0.25) is 0 Å². The number of rotatable bonds is 3. The Kier molecular flexibility index (Phi) is 3.97. The number of aromatic nitrogens is 2. The molecule has 0 radical (unpaired) electrons. The number of hydrogen-bond donors (Lipinski definition) is 1. The number of aromatic amines is 1. The van der Waals surface area contributed by atoms with Crippen molar-refractivity contribution < 1.29 is 0 Å². The van der Waals surface area contributed by atoms with E-state index in [-0.39, 0.29) is 5.56 Å². The molecule has 1 heterocycles. The number of nitrogens with one attached hydrogen (secondary N) is 1. The van der Waals surface area contributed by atoms with Gasteiger partial charge in [-0.2, -0.15) is 0 Å². The van der Waals surface area contributed by atoms with Crippen LogP contribution in [0.15, 0.2) is 27.9 Å². The number of hydrogen-bond acceptors (Lipinski definition) is 3. The summed E-state index contributed by atoms with van der Waals surface area (Å²) in [4.78, 5) is 21.9. The van der Waals surface area contributed by atoms with Crippen LogP contribution in [0, 0.1) is 6.92 Å². The Hall–Kier alpha value is -1.71. The van der Waals surface area contributed by atoms with Crippen LogP contribution in [0.3, 0.4) is 0 Å². The molecular formula is C11H15N3O. The third-order valence-electron chi connectivity index (χ3n) is 2.17. The van der Waals surface area contributed by atoms with Crippen molar-refractivity contribution in [2.75, 3.05) is 0 Å². The van der Waals surface area contributed by atoms with Crippen LogP contribution < -0.4 is 5.56 Å². The molecule has 0 aromatic carbocycles. The molecule has 0 atom stereocenters. The van der Waals surface area contributed by atoms with Crippen LogP contribution >= 0.6 is 0 Å². The molecule has 0 unspecified atom stereocenters. The van der Waals surface area contributed by atoms with Crippen LogP contribution in [-0.2, 0) is 0 Å². The molecule has 4 nitrogen and oxygen atoms in total. The zero-order valence-electron chi connectivity index (χ0n) is 9.24. The highest BCUT2D eigenvalue weighted by Gasteiger charge is 1.98. The summed E-state index contributed by atoms with van der Waals surface area (Å²) in [7, 11) is 0. The zero-order valence-corrected chi connectivity index (χ0v) is 9.24. The maximum absolute atomic E-state index is 11.2. The fourth-order valence-corrected chi connectivity index (χ4v) is 0.938. The lowest BCUT2D eigenvalue weighted by Crippen LogP contribution is -2.12. The van der Waals surface area contributed by atoms with Crippen LogP contribution in [-0.4, -0.2) is 16.2 Å². The first-order valence-electron chi connectivity index (χ1n) is 4.88. The summed E-state index contributed by atoms with van der Waals surface area (Å²) >= 11 is 0. The van der Waals surface area contributed by atoms with E-state index in [1.54, 1.807) is 19.3 Å². The first kappa shape index (κ1) is 11.4. The predicted molar refractivity (Wildman–Crippen MR) is 61.2 cm³/mol. The van der Waals surface area contributed by atoms with Gasteiger partial charge in [-0.15, -0.1) is 0 Å². The second-order valence-electron chi connectivity index (χ2n) is 3.35. The molecule has 0 amide bonds. The fraction of sp³-hybridized carbons (Fsp3) is 0.364. The number of allylic oxidation sites excluding steroid dienone is 1. The highest BCUT2D eigenvalue weighted by atomic mass is 16.1. The molecule has 0 fully saturated rings. The molecule has 0 spiro atoms. The van der Waals surface area contributed by atoms with E-state index in [0.29, 0.717) is 11.3 Å². The van der Waals surface area contributed by atoms with Gasteiger partial charge in [-0.1, -0.05) is 12.5 Å². The molecule has 0 saturated heterocycles. The molecule has 0 aliphatic carbocycles. The van der Waals surface area contributed by atoms with Gasteiger partial charge in [0.15, 0.2) is 0 Å². The van der Waals surface area contributed by atoms with E-state index >= 15 is 0 Å². The van der Waals surface area contributed by atoms with Crippen LogP contribution in [0.5, 0.6) is 0 Å². The quantitative estimate of drug-likeness (QED) is 0.765. The van der Waals surface area contributed by atoms with Crippen LogP contribution in [0.25, 0.3) is 0 Å². The predicted octanol–water partition coefficient (Wildman–Crippen LogP) is 1.81. The largest absolute Gasteiger partial charge is 0.313 e. The van der Waals surface area contributed by atoms with Gasteiger partial charge in [0.1, 0.15) is 0 Å². The Morgan fingerprint density at radius 3 is 3.07 bits per heavy atom. The highest BCUT2D eigenvalue weighted by molar-refractivity contribution is 5.79. The molecule has 1 rings (SSSR count). The zero-order chi connectivity index (χ0) is 11.3. The van der Waals surface area contributed by atoms with Gasteiger partial charge in [0.25, 0.3) is 5.56 Å². The van der Waals surface area contributed by atoms with E-state index < -0.39 is 0 Å². The van der Waals surface area contributed by atoms with Crippen molar-refractivity contribution in [1.82, 2.24) is 9.97 Å². The van der Waals surface area contributed by atoms with Gasteiger partial charge in [-0.05, 0) is 20.3 Å². The second-order valence-corrected chi connectivity index (χ2v) is 3.35. The van der Waals surface area contributed by atoms with Crippen LogP contribution in [0.4, 0.5) is 0 Å². The first-order chi connectivity index (χ1) is 7.15. The van der Waals surface area contributed by atoms with Gasteiger partial charge < -0.3 is 4.98 Å². The SMILES string of the molecule is CC/C(C)=C/N=Cc1nc[nH]c(=O)c1C. The van der Waals surface area contributed by atoms with Crippen molar-refractivity contribution in [3.63, 3.8) is 0 Å². The van der Waals surface area contributed by atoms with E-state index in [9.17, 15) is 4.79 Å². The van der Waals surface area contributed by atoms with Crippen molar-refractivity contribution in [2.24, 2.45) is 4.99 Å². The Morgan fingerprint density at radius 2 is 2.40 bits per heavy atom. The Morgan fingerprint density at radius 1 is 1.67 bits per heavy atom. The topological polar surface area (TPSA) is 58.1 Å². The number of nitrogens with zero attached hydrogens (tertiary/aromatic N) is 2. The van der Waals surface area contributed by atoms with E-state index in [1.165, 1.54) is 11.9 Å². The monoisotopic (exact) mass is 205 g/mol. The molecule has 1 N–H and O–H groups in total. The molecule has 0 aliphatic rings. The standard InChI is InChI=1S/C11H15N3O/c1-4-8(2)5-12-6-10-9(3)11(15)14-7-13-10/h5-7H,4H2,1-3H3,(H,13,14,15)/b8-5+,12-6?. The second kappa shape index (κ2) is 5.24. The van der Waals surface area contributed by atoms with Crippen molar-refractivity contribution in [3.05, 3.63) is 39.7 Å². The number of H-pyrrole nitrogens is 1. The lowest BCUT2D eigenvalue weighted by atomic mass is 10.2. The minimum absolute atomic E-state index is 0.123. The molecular weight excluding hydrogens is 190 g/mol. The van der Waals surface area contributed by atoms with Crippen LogP contribution in [0.1, 0.15) is 31.5 Å². The maximum Gasteiger partial charge on any atom is 0.254 e. The normalized spacial score (nSPS) is 12.3. The Bertz CT molecular complexity index is 443. The van der Waals surface area contributed by atoms with Gasteiger partial charge >= 0.3 is 0 Å². The molecule has 1 aromatic heterocycles. The van der Waals surface area contributed by atoms with Crippen molar-refractivity contribution in [3.8, 4) is 0 Å². The first-order valence-corrected chi connectivity index (χ1v) is 4.88. The van der Waals surface area contributed by atoms with Gasteiger partial charge in [-0.25, -0.2) is 4.98 Å². The average molecular weight is 205 g/mol. The summed E-state index contributed by atoms with van der Waals surface area (Å²) in [6.07, 6.45) is 5.73. The molecule has 80 valence electrons. The summed E-state index contributed by atoms with van der Waals surface area (Å²) in [5.41, 5.74) is 2.26. The van der Waals surface area contributed by atoms with Crippen LogP contribution in [0.2, 0.25) is 0 Å². The van der Waals surface area contributed by atoms with Gasteiger partial charge in [0.05, 0.1) is 18.2 Å². The molecule has 1 aromatic rings. The number of aliphatic imine (C=N–C) groups is 1. The summed E-state index contributed by atoms with van der Waals surface area (Å²) in [6.45, 7) is 5.80. The highest BCUT2D eigenvalue weighted by Crippen LogP contribution is 1.98. The molecule has 15 heavy (non-hydrogen) atoms. The molecule has 0 bridgehead atoms. The summed E-state index contributed by atoms with van der Waals surface area (Å²) in [5.74, 6) is 0. The lowest BCUT2D eigenvalue weighted by Gasteiger charge is -1.95. The van der Waals surface area contributed by atoms with E-state index in [1.807, 2.05) is 6.92 Å². The van der Waals surface area contributed by atoms with E-state index in [0.717, 1.165) is 6.42 Å². The Labute approximate surface area is 88.8 Å². The third kappa shape index (κ3) is 3.16. The summed E-state index contributed by atoms with van der Waals surface area (Å²) in [5, 5.41) is 0. The summed E-state index contributed by atoms with van der Waals surface area (Å²) < 4.78 is 0. The smallest absolute Gasteiger partial charge is 0.254 e. The fourth-order valence-electron chi connectivity index (χ4n) is 0.938. The van der Waals surface area contributed by atoms with Gasteiger partial charge in [-0.3, -0.25) is 9.79 Å². The average Bonchev–Trinajstić information content (AvgIpc) is 2.24. The van der Waals surface area contributed by atoms with E-state index in [4.69, 9.17) is 0 Å². The summed E-state index contributed by atoms with van der Waals surface area (Å²) in [6, 6.07) is 0. The van der Waals surface area contributed by atoms with E-state index in [2.05, 4.69) is 21.9 Å². The lowest BCUT2D eigenvalue weighted by molar-refractivity contribution is 1.06. The molecule has 0 saturated carbocycles. The maximum atomic E-state index is 11.2.